The molecule has 1 amide bonds. The zero-order valence-electron chi connectivity index (χ0n) is 33.8. The summed E-state index contributed by atoms with van der Waals surface area (Å²) in [5, 5.41) is 11.9. The Kier molecular flexibility index (Phi) is 37.3. The Morgan fingerprint density at radius 3 is 1.52 bits per heavy atom. The summed E-state index contributed by atoms with van der Waals surface area (Å²) in [6.45, 7) is 4.68. The number of hydrogen-bond donors (Lipinski definition) is 3. The van der Waals surface area contributed by atoms with Crippen molar-refractivity contribution < 1.29 is 24.2 Å². The molecule has 0 rings (SSSR count). The van der Waals surface area contributed by atoms with Crippen molar-refractivity contribution >= 4 is 17.8 Å². The molecule has 2 atom stereocenters. The topological polar surface area (TPSA) is 119 Å². The van der Waals surface area contributed by atoms with Crippen LogP contribution < -0.4 is 11.1 Å². The minimum atomic E-state index is -1.02. The minimum Gasteiger partial charge on any atom is -0.480 e. The van der Waals surface area contributed by atoms with Crippen molar-refractivity contribution in [2.24, 2.45) is 5.73 Å². The summed E-state index contributed by atoms with van der Waals surface area (Å²) in [5.41, 5.74) is 5.47. The normalized spacial score (nSPS) is 13.8. The van der Waals surface area contributed by atoms with Crippen LogP contribution in [0.2, 0.25) is 0 Å². The molecule has 4 N–H and O–H groups in total. The number of esters is 1. The Bertz CT molecular complexity index is 1200. The molecule has 0 bridgehead atoms. The highest BCUT2D eigenvalue weighted by molar-refractivity contribution is 5.83. The number of ether oxygens (including phenoxy) is 1. The quantitative estimate of drug-likeness (QED) is 0.0337. The van der Waals surface area contributed by atoms with Gasteiger partial charge in [-0.1, -0.05) is 136 Å². The van der Waals surface area contributed by atoms with Crippen LogP contribution in [0.15, 0.2) is 109 Å². The van der Waals surface area contributed by atoms with Gasteiger partial charge in [0.05, 0.1) is 0 Å². The average Bonchev–Trinajstić information content (AvgIpc) is 3.16. The van der Waals surface area contributed by atoms with E-state index in [0.29, 0.717) is 38.6 Å². The van der Waals surface area contributed by atoms with Crippen LogP contribution in [0.25, 0.3) is 0 Å². The first kappa shape index (κ1) is 50.0. The molecule has 0 aromatic heterocycles. The first-order valence-electron chi connectivity index (χ1n) is 20.7. The number of allylic oxidation sites excluding steroid dienone is 17. The average molecular weight is 747 g/mol. The summed E-state index contributed by atoms with van der Waals surface area (Å²) in [7, 11) is 0. The van der Waals surface area contributed by atoms with Crippen LogP contribution in [-0.2, 0) is 19.1 Å². The molecule has 302 valence electrons. The first-order chi connectivity index (χ1) is 26.4. The molecule has 0 aliphatic heterocycles. The number of rotatable bonds is 35. The SMILES string of the molecule is CC/C=C\C/C=C\C/C=C\C/C=C\C/C=C\CCCC(=O)OC(/C=C\C/C=C\C/C=C\C/C=C\CC)CCCCCCCC(=O)NC(CCCN)C(=O)O. The van der Waals surface area contributed by atoms with E-state index in [2.05, 4.69) is 122 Å². The van der Waals surface area contributed by atoms with Crippen LogP contribution in [-0.4, -0.2) is 41.6 Å². The number of carbonyl (C=O) groups excluding carboxylic acids is 2. The highest BCUT2D eigenvalue weighted by atomic mass is 16.5. The van der Waals surface area contributed by atoms with Crippen LogP contribution in [0, 0.1) is 0 Å². The smallest absolute Gasteiger partial charge is 0.326 e. The van der Waals surface area contributed by atoms with Gasteiger partial charge in [0.2, 0.25) is 5.91 Å². The lowest BCUT2D eigenvalue weighted by molar-refractivity contribution is -0.147. The minimum absolute atomic E-state index is 0.160. The van der Waals surface area contributed by atoms with Gasteiger partial charge in [0, 0.05) is 12.8 Å². The van der Waals surface area contributed by atoms with Crippen molar-refractivity contribution in [3.05, 3.63) is 109 Å². The van der Waals surface area contributed by atoms with E-state index in [1.54, 1.807) is 0 Å². The number of carboxylic acids is 1. The lowest BCUT2D eigenvalue weighted by Gasteiger charge is -2.15. The van der Waals surface area contributed by atoms with Gasteiger partial charge >= 0.3 is 11.9 Å². The number of amides is 1. The molecule has 2 unspecified atom stereocenters. The van der Waals surface area contributed by atoms with E-state index in [0.717, 1.165) is 103 Å². The molecule has 0 aliphatic rings. The Balaban J connectivity index is 4.57. The summed E-state index contributed by atoms with van der Waals surface area (Å²) < 4.78 is 5.89. The van der Waals surface area contributed by atoms with Crippen molar-refractivity contribution in [2.75, 3.05) is 6.54 Å². The number of hydrogen-bond acceptors (Lipinski definition) is 5. The van der Waals surface area contributed by atoms with E-state index in [9.17, 15) is 19.5 Å². The highest BCUT2D eigenvalue weighted by Crippen LogP contribution is 2.14. The van der Waals surface area contributed by atoms with E-state index in [1.807, 2.05) is 6.08 Å². The number of carbonyl (C=O) groups is 3. The fraction of sp³-hybridized carbons (Fsp3) is 0.553. The fourth-order valence-corrected chi connectivity index (χ4v) is 5.28. The molecule has 54 heavy (non-hydrogen) atoms. The number of unbranched alkanes of at least 4 members (excludes halogenated alkanes) is 5. The van der Waals surface area contributed by atoms with E-state index in [4.69, 9.17) is 10.5 Å². The summed E-state index contributed by atoms with van der Waals surface area (Å²) in [5.74, 6) is -1.41. The van der Waals surface area contributed by atoms with Gasteiger partial charge in [-0.15, -0.1) is 0 Å². The van der Waals surface area contributed by atoms with Crippen molar-refractivity contribution in [1.29, 1.82) is 0 Å². The van der Waals surface area contributed by atoms with Gasteiger partial charge in [-0.05, 0) is 115 Å². The van der Waals surface area contributed by atoms with Crippen molar-refractivity contribution in [2.45, 2.75) is 161 Å². The number of nitrogens with two attached hydrogens (primary N) is 1. The van der Waals surface area contributed by atoms with E-state index >= 15 is 0 Å². The molecule has 0 heterocycles. The third kappa shape index (κ3) is 36.4. The zero-order valence-corrected chi connectivity index (χ0v) is 33.8. The van der Waals surface area contributed by atoms with Gasteiger partial charge in [0.1, 0.15) is 12.1 Å². The van der Waals surface area contributed by atoms with Crippen molar-refractivity contribution in [3.8, 4) is 0 Å². The first-order valence-corrected chi connectivity index (χ1v) is 20.7. The molecular formula is C47H74N2O5. The molecular weight excluding hydrogens is 673 g/mol. The van der Waals surface area contributed by atoms with Crippen LogP contribution in [0.3, 0.4) is 0 Å². The Morgan fingerprint density at radius 1 is 0.556 bits per heavy atom. The van der Waals surface area contributed by atoms with Crippen molar-refractivity contribution in [3.63, 3.8) is 0 Å². The number of nitrogens with one attached hydrogen (secondary N) is 1. The molecule has 0 radical (unpaired) electrons. The monoisotopic (exact) mass is 747 g/mol. The molecule has 7 nitrogen and oxygen atoms in total. The second-order valence-electron chi connectivity index (χ2n) is 13.3. The Morgan fingerprint density at radius 2 is 1.02 bits per heavy atom. The summed E-state index contributed by atoms with van der Waals surface area (Å²) in [6.07, 6.45) is 55.7. The van der Waals surface area contributed by atoms with E-state index in [1.165, 1.54) is 0 Å². The molecule has 0 aromatic rings. The second-order valence-corrected chi connectivity index (χ2v) is 13.3. The van der Waals surface area contributed by atoms with Gasteiger partial charge in [0.15, 0.2) is 0 Å². The summed E-state index contributed by atoms with van der Waals surface area (Å²) in [4.78, 5) is 36.3. The maximum atomic E-state index is 12.7. The maximum Gasteiger partial charge on any atom is 0.326 e. The lowest BCUT2D eigenvalue weighted by atomic mass is 10.1. The lowest BCUT2D eigenvalue weighted by Crippen LogP contribution is -2.40. The molecule has 0 aromatic carbocycles. The standard InChI is InChI=1S/C47H74N2O5/c1-3-5-7-9-11-13-15-16-17-18-19-20-22-24-26-31-35-41-46(51)54-43(37-32-28-25-23-21-14-12-10-8-6-4-2)38-33-29-27-30-34-40-45(50)49-44(47(52)53)39-36-42-48/h5-8,11-14,16-17,19-20,23-26,32,37,43-44H,3-4,9-10,15,18,21-22,27-31,33-36,38-42,48H2,1-2H3,(H,49,50)(H,52,53)/b7-5-,8-6-,13-11-,14-12-,17-16-,20-19-,25-23-,26-24-,37-32-. The fourth-order valence-electron chi connectivity index (χ4n) is 5.28. The molecule has 0 saturated carbocycles. The summed E-state index contributed by atoms with van der Waals surface area (Å²) in [6, 6.07) is -0.878. The van der Waals surface area contributed by atoms with Gasteiger partial charge < -0.3 is 20.9 Å². The van der Waals surface area contributed by atoms with Gasteiger partial charge in [-0.25, -0.2) is 4.79 Å². The highest BCUT2D eigenvalue weighted by Gasteiger charge is 2.18. The number of aliphatic carboxylic acids is 1. The van der Waals surface area contributed by atoms with Crippen LogP contribution in [0.5, 0.6) is 0 Å². The maximum absolute atomic E-state index is 12.7. The zero-order chi connectivity index (χ0) is 39.6. The predicted molar refractivity (Wildman–Crippen MR) is 229 cm³/mol. The second kappa shape index (κ2) is 40.2. The molecule has 0 saturated heterocycles. The molecule has 0 aliphatic carbocycles. The van der Waals surface area contributed by atoms with Crippen LogP contribution in [0.1, 0.15) is 149 Å². The Hall–Kier alpha value is -3.97. The molecule has 0 fully saturated rings. The van der Waals surface area contributed by atoms with Gasteiger partial charge in [-0.3, -0.25) is 9.59 Å². The van der Waals surface area contributed by atoms with Gasteiger partial charge in [0.25, 0.3) is 0 Å². The summed E-state index contributed by atoms with van der Waals surface area (Å²) >= 11 is 0. The molecule has 7 heteroatoms. The van der Waals surface area contributed by atoms with Crippen molar-refractivity contribution in [1.82, 2.24) is 5.32 Å². The third-order valence-electron chi connectivity index (χ3n) is 8.32. The van der Waals surface area contributed by atoms with Crippen LogP contribution >= 0.6 is 0 Å². The van der Waals surface area contributed by atoms with Gasteiger partial charge in [-0.2, -0.15) is 0 Å². The van der Waals surface area contributed by atoms with Crippen LogP contribution in [0.4, 0.5) is 0 Å². The largest absolute Gasteiger partial charge is 0.480 e. The molecule has 0 spiro atoms. The third-order valence-corrected chi connectivity index (χ3v) is 8.32. The Labute approximate surface area is 329 Å². The van der Waals surface area contributed by atoms with E-state index in [-0.39, 0.29) is 18.0 Å². The number of carboxylic acid groups (broad SMARTS) is 1. The predicted octanol–water partition coefficient (Wildman–Crippen LogP) is 11.7. The van der Waals surface area contributed by atoms with E-state index < -0.39 is 12.0 Å².